The number of hydrogen-bond donors (Lipinski definition) is 0. The van der Waals surface area contributed by atoms with Crippen LogP contribution >= 0.6 is 15.9 Å². The molecule has 1 heterocycles. The van der Waals surface area contributed by atoms with E-state index >= 15 is 0 Å². The van der Waals surface area contributed by atoms with E-state index in [0.717, 1.165) is 25.8 Å². The van der Waals surface area contributed by atoms with Crippen LogP contribution in [0.4, 0.5) is 4.39 Å². The highest BCUT2D eigenvalue weighted by molar-refractivity contribution is 9.10. The molecule has 0 N–H and O–H groups in total. The minimum atomic E-state index is -0.327. The molecule has 1 amide bonds. The van der Waals surface area contributed by atoms with Crippen molar-refractivity contribution in [2.24, 2.45) is 0 Å². The van der Waals surface area contributed by atoms with Crippen LogP contribution in [-0.4, -0.2) is 23.4 Å². The molecule has 1 fully saturated rings. The predicted octanol–water partition coefficient (Wildman–Crippen LogP) is 4.38. The fourth-order valence-electron chi connectivity index (χ4n) is 2.69. The molecule has 0 spiro atoms. The van der Waals surface area contributed by atoms with Crippen LogP contribution in [-0.2, 0) is 0 Å². The molecule has 104 valence electrons. The predicted molar refractivity (Wildman–Crippen MR) is 77.7 cm³/mol. The van der Waals surface area contributed by atoms with Gasteiger partial charge in [0, 0.05) is 17.1 Å². The molecule has 0 radical (unpaired) electrons. The first-order valence-electron chi connectivity index (χ1n) is 6.89. The molecule has 2 nitrogen and oxygen atoms in total. The SMILES string of the molecule is CCC1CCCCCN1C(=O)c1ccc(F)cc1Br. The molecular weight excluding hydrogens is 309 g/mol. The van der Waals surface area contributed by atoms with Gasteiger partial charge >= 0.3 is 0 Å². The van der Waals surface area contributed by atoms with Gasteiger partial charge in [0.25, 0.3) is 5.91 Å². The molecule has 1 aliphatic rings. The van der Waals surface area contributed by atoms with Crippen LogP contribution in [0.25, 0.3) is 0 Å². The second-order valence-electron chi connectivity index (χ2n) is 5.03. The normalized spacial score (nSPS) is 20.2. The number of nitrogens with zero attached hydrogens (tertiary/aromatic N) is 1. The molecule has 0 saturated carbocycles. The molecule has 0 bridgehead atoms. The molecule has 1 aromatic rings. The van der Waals surface area contributed by atoms with Crippen molar-refractivity contribution >= 4 is 21.8 Å². The van der Waals surface area contributed by atoms with Crippen LogP contribution < -0.4 is 0 Å². The Balaban J connectivity index is 2.25. The number of carbonyl (C=O) groups excluding carboxylic acids is 1. The third-order valence-corrected chi connectivity index (χ3v) is 4.43. The summed E-state index contributed by atoms with van der Waals surface area (Å²) in [4.78, 5) is 14.6. The Labute approximate surface area is 122 Å². The average Bonchev–Trinajstić information content (AvgIpc) is 2.63. The lowest BCUT2D eigenvalue weighted by Gasteiger charge is -2.29. The summed E-state index contributed by atoms with van der Waals surface area (Å²) in [6, 6.07) is 4.58. The van der Waals surface area contributed by atoms with Gasteiger partial charge in [0.2, 0.25) is 0 Å². The maximum absolute atomic E-state index is 13.1. The Morgan fingerprint density at radius 3 is 2.89 bits per heavy atom. The molecule has 19 heavy (non-hydrogen) atoms. The van der Waals surface area contributed by atoms with Crippen LogP contribution in [0.5, 0.6) is 0 Å². The topological polar surface area (TPSA) is 20.3 Å². The Morgan fingerprint density at radius 2 is 2.21 bits per heavy atom. The number of amides is 1. The number of carbonyl (C=O) groups is 1. The highest BCUT2D eigenvalue weighted by Crippen LogP contribution is 2.25. The zero-order chi connectivity index (χ0) is 13.8. The standard InChI is InChI=1S/C15H19BrFNO/c1-2-12-6-4-3-5-9-18(12)15(19)13-8-7-11(17)10-14(13)16/h7-8,10,12H,2-6,9H2,1H3. The van der Waals surface area contributed by atoms with Gasteiger partial charge in [0.05, 0.1) is 5.56 Å². The molecule has 1 saturated heterocycles. The molecule has 1 aliphatic heterocycles. The molecular formula is C15H19BrFNO. The summed E-state index contributed by atoms with van der Waals surface area (Å²) >= 11 is 3.29. The van der Waals surface area contributed by atoms with Crippen molar-refractivity contribution in [3.8, 4) is 0 Å². The first kappa shape index (κ1) is 14.5. The first-order valence-corrected chi connectivity index (χ1v) is 7.68. The van der Waals surface area contributed by atoms with Crippen molar-refractivity contribution in [1.82, 2.24) is 4.90 Å². The van der Waals surface area contributed by atoms with Crippen molar-refractivity contribution in [3.05, 3.63) is 34.1 Å². The maximum atomic E-state index is 13.1. The van der Waals surface area contributed by atoms with Crippen molar-refractivity contribution in [2.75, 3.05) is 6.54 Å². The number of hydrogen-bond acceptors (Lipinski definition) is 1. The Kier molecular flexibility index (Phi) is 4.97. The summed E-state index contributed by atoms with van der Waals surface area (Å²) in [6.07, 6.45) is 5.48. The zero-order valence-corrected chi connectivity index (χ0v) is 12.7. The van der Waals surface area contributed by atoms with E-state index in [1.165, 1.54) is 25.0 Å². The molecule has 0 aromatic heterocycles. The van der Waals surface area contributed by atoms with Crippen molar-refractivity contribution in [1.29, 1.82) is 0 Å². The zero-order valence-electron chi connectivity index (χ0n) is 11.2. The van der Waals surface area contributed by atoms with E-state index in [1.54, 1.807) is 6.07 Å². The highest BCUT2D eigenvalue weighted by Gasteiger charge is 2.26. The van der Waals surface area contributed by atoms with Gasteiger partial charge in [-0.3, -0.25) is 4.79 Å². The fraction of sp³-hybridized carbons (Fsp3) is 0.533. The largest absolute Gasteiger partial charge is 0.336 e. The molecule has 1 aromatic carbocycles. The smallest absolute Gasteiger partial charge is 0.255 e. The number of benzene rings is 1. The second-order valence-corrected chi connectivity index (χ2v) is 5.89. The Hall–Kier alpha value is -0.900. The van der Waals surface area contributed by atoms with Gasteiger partial charge in [-0.15, -0.1) is 0 Å². The third-order valence-electron chi connectivity index (χ3n) is 3.77. The van der Waals surface area contributed by atoms with Crippen molar-refractivity contribution < 1.29 is 9.18 Å². The van der Waals surface area contributed by atoms with Crippen molar-refractivity contribution in [3.63, 3.8) is 0 Å². The lowest BCUT2D eigenvalue weighted by molar-refractivity contribution is 0.0677. The van der Waals surface area contributed by atoms with E-state index in [2.05, 4.69) is 22.9 Å². The molecule has 0 aliphatic carbocycles. The van der Waals surface area contributed by atoms with Crippen LogP contribution in [0.15, 0.2) is 22.7 Å². The summed E-state index contributed by atoms with van der Waals surface area (Å²) < 4.78 is 13.6. The van der Waals surface area contributed by atoms with Crippen molar-refractivity contribution in [2.45, 2.75) is 45.1 Å². The van der Waals surface area contributed by atoms with Gasteiger partial charge in [-0.05, 0) is 53.4 Å². The van der Waals surface area contributed by atoms with Crippen LogP contribution in [0, 0.1) is 5.82 Å². The van der Waals surface area contributed by atoms with E-state index in [1.807, 2.05) is 4.90 Å². The Bertz CT molecular complexity index is 463. The van der Waals surface area contributed by atoms with Crippen LogP contribution in [0.3, 0.4) is 0 Å². The summed E-state index contributed by atoms with van der Waals surface area (Å²) in [6.45, 7) is 2.93. The molecule has 2 rings (SSSR count). The summed E-state index contributed by atoms with van der Waals surface area (Å²) in [5.41, 5.74) is 0.557. The minimum Gasteiger partial charge on any atom is -0.336 e. The van der Waals surface area contributed by atoms with E-state index < -0.39 is 0 Å². The van der Waals surface area contributed by atoms with Gasteiger partial charge in [-0.2, -0.15) is 0 Å². The van der Waals surface area contributed by atoms with Crippen LogP contribution in [0.1, 0.15) is 49.4 Å². The average molecular weight is 328 g/mol. The minimum absolute atomic E-state index is 0.0145. The number of halogens is 2. The quantitative estimate of drug-likeness (QED) is 0.789. The lowest BCUT2D eigenvalue weighted by Crippen LogP contribution is -2.39. The second kappa shape index (κ2) is 6.51. The molecule has 1 unspecified atom stereocenters. The van der Waals surface area contributed by atoms with E-state index in [9.17, 15) is 9.18 Å². The fourth-order valence-corrected chi connectivity index (χ4v) is 3.21. The number of rotatable bonds is 2. The molecule has 4 heteroatoms. The summed E-state index contributed by atoms with van der Waals surface area (Å²) in [5.74, 6) is -0.313. The van der Waals surface area contributed by atoms with Gasteiger partial charge in [-0.25, -0.2) is 4.39 Å². The third kappa shape index (κ3) is 3.35. The Morgan fingerprint density at radius 1 is 1.42 bits per heavy atom. The van der Waals surface area contributed by atoms with E-state index in [-0.39, 0.29) is 11.7 Å². The lowest BCUT2D eigenvalue weighted by atomic mass is 10.1. The number of likely N-dealkylation sites (tertiary alicyclic amines) is 1. The molecule has 1 atom stereocenters. The van der Waals surface area contributed by atoms with Gasteiger partial charge in [0.15, 0.2) is 0 Å². The summed E-state index contributed by atoms with van der Waals surface area (Å²) in [7, 11) is 0. The monoisotopic (exact) mass is 327 g/mol. The van der Waals surface area contributed by atoms with E-state index in [0.29, 0.717) is 16.1 Å². The van der Waals surface area contributed by atoms with Gasteiger partial charge < -0.3 is 4.90 Å². The highest BCUT2D eigenvalue weighted by atomic mass is 79.9. The van der Waals surface area contributed by atoms with Gasteiger partial charge in [-0.1, -0.05) is 19.8 Å². The van der Waals surface area contributed by atoms with Gasteiger partial charge in [0.1, 0.15) is 5.82 Å². The van der Waals surface area contributed by atoms with E-state index in [4.69, 9.17) is 0 Å². The summed E-state index contributed by atoms with van der Waals surface area (Å²) in [5, 5.41) is 0. The maximum Gasteiger partial charge on any atom is 0.255 e. The van der Waals surface area contributed by atoms with Crippen LogP contribution in [0.2, 0.25) is 0 Å². The first-order chi connectivity index (χ1) is 9.13.